The van der Waals surface area contributed by atoms with Crippen LogP contribution in [0.1, 0.15) is 67.2 Å². The van der Waals surface area contributed by atoms with Crippen molar-refractivity contribution < 1.29 is 14.5 Å². The predicted molar refractivity (Wildman–Crippen MR) is 75.2 cm³/mol. The molecule has 0 saturated heterocycles. The number of hydrogen-bond donors (Lipinski definition) is 0. The molecule has 0 aromatic rings. The number of hydrogen-bond acceptors (Lipinski definition) is 3. The van der Waals surface area contributed by atoms with Gasteiger partial charge < -0.3 is 4.74 Å². The first kappa shape index (κ1) is 17.9. The lowest BCUT2D eigenvalue weighted by Crippen LogP contribution is -2.32. The molecule has 0 aromatic heterocycles. The van der Waals surface area contributed by atoms with Crippen molar-refractivity contribution in [2.24, 2.45) is 11.3 Å². The zero-order chi connectivity index (χ0) is 14.0. The van der Waals surface area contributed by atoms with Crippen molar-refractivity contribution in [2.75, 3.05) is 13.2 Å². The molecule has 0 aliphatic rings. The van der Waals surface area contributed by atoms with E-state index < -0.39 is 0 Å². The van der Waals surface area contributed by atoms with E-state index in [1.807, 2.05) is 0 Å². The van der Waals surface area contributed by atoms with Gasteiger partial charge in [-0.25, -0.2) is 9.78 Å². The molecule has 0 aliphatic carbocycles. The lowest BCUT2D eigenvalue weighted by atomic mass is 9.96. The summed E-state index contributed by atoms with van der Waals surface area (Å²) in [5.74, 6) is 0.632. The molecule has 1 unspecified atom stereocenters. The van der Waals surface area contributed by atoms with E-state index in [0.717, 1.165) is 19.4 Å². The zero-order valence-electron chi connectivity index (χ0n) is 13.1. The van der Waals surface area contributed by atoms with Gasteiger partial charge in [0.15, 0.2) is 6.29 Å². The molecule has 0 saturated carbocycles. The molecule has 0 N–H and O–H groups in total. The molecule has 3 heteroatoms. The van der Waals surface area contributed by atoms with Crippen LogP contribution in [0.3, 0.4) is 0 Å². The summed E-state index contributed by atoms with van der Waals surface area (Å²) in [6.45, 7) is 14.2. The van der Waals surface area contributed by atoms with Gasteiger partial charge in [0.2, 0.25) is 0 Å². The highest BCUT2D eigenvalue weighted by molar-refractivity contribution is 4.65. The van der Waals surface area contributed by atoms with Gasteiger partial charge in [0.1, 0.15) is 0 Å². The molecule has 0 heterocycles. The van der Waals surface area contributed by atoms with Crippen molar-refractivity contribution in [3.05, 3.63) is 0 Å². The van der Waals surface area contributed by atoms with Crippen LogP contribution in [-0.4, -0.2) is 19.5 Å². The third-order valence-corrected chi connectivity index (χ3v) is 2.66. The molecule has 0 fully saturated rings. The van der Waals surface area contributed by atoms with Crippen LogP contribution in [0.2, 0.25) is 0 Å². The zero-order valence-corrected chi connectivity index (χ0v) is 13.1. The van der Waals surface area contributed by atoms with Crippen LogP contribution in [0.5, 0.6) is 0 Å². The molecule has 3 nitrogen and oxygen atoms in total. The van der Waals surface area contributed by atoms with Gasteiger partial charge in [0, 0.05) is 12.0 Å². The Bertz CT molecular complexity index is 185. The van der Waals surface area contributed by atoms with Gasteiger partial charge in [0.05, 0.1) is 6.61 Å². The fraction of sp³-hybridized carbons (Fsp3) is 1.00. The Balaban J connectivity index is 3.86. The minimum atomic E-state index is -0.290. The van der Waals surface area contributed by atoms with Crippen molar-refractivity contribution >= 4 is 0 Å². The summed E-state index contributed by atoms with van der Waals surface area (Å²) in [5, 5.41) is 0. The Morgan fingerprint density at radius 2 is 1.67 bits per heavy atom. The maximum atomic E-state index is 5.77. The molecular formula is C15H32O3. The largest absolute Gasteiger partial charge is 0.349 e. The summed E-state index contributed by atoms with van der Waals surface area (Å²) in [7, 11) is 0. The summed E-state index contributed by atoms with van der Waals surface area (Å²) in [5.41, 5.74) is -0.0654. The van der Waals surface area contributed by atoms with E-state index in [0.29, 0.717) is 12.5 Å². The normalized spacial score (nSPS) is 14.2. The quantitative estimate of drug-likeness (QED) is 0.249. The van der Waals surface area contributed by atoms with E-state index in [4.69, 9.17) is 14.5 Å². The lowest BCUT2D eigenvalue weighted by molar-refractivity contribution is -0.400. The van der Waals surface area contributed by atoms with Crippen molar-refractivity contribution in [3.8, 4) is 0 Å². The summed E-state index contributed by atoms with van der Waals surface area (Å²) >= 11 is 0. The molecule has 0 bridgehead atoms. The average molecular weight is 260 g/mol. The van der Waals surface area contributed by atoms with Crippen LogP contribution in [0.15, 0.2) is 0 Å². The van der Waals surface area contributed by atoms with E-state index in [1.54, 1.807) is 0 Å². The Morgan fingerprint density at radius 3 is 2.17 bits per heavy atom. The van der Waals surface area contributed by atoms with E-state index in [2.05, 4.69) is 41.5 Å². The van der Waals surface area contributed by atoms with Gasteiger partial charge in [-0.05, 0) is 18.8 Å². The van der Waals surface area contributed by atoms with Crippen LogP contribution in [0, 0.1) is 11.3 Å². The van der Waals surface area contributed by atoms with Crippen molar-refractivity contribution in [1.29, 1.82) is 0 Å². The van der Waals surface area contributed by atoms with Gasteiger partial charge in [-0.15, -0.1) is 0 Å². The Kier molecular flexibility index (Phi) is 9.70. The molecular weight excluding hydrogens is 228 g/mol. The Hall–Kier alpha value is -0.120. The number of rotatable bonds is 10. The first-order valence-corrected chi connectivity index (χ1v) is 7.27. The molecule has 0 spiro atoms. The predicted octanol–water partition coefficient (Wildman–Crippen LogP) is 4.56. The first-order chi connectivity index (χ1) is 8.38. The minimum Gasteiger partial charge on any atom is -0.349 e. The van der Waals surface area contributed by atoms with Crippen molar-refractivity contribution in [3.63, 3.8) is 0 Å². The summed E-state index contributed by atoms with van der Waals surface area (Å²) < 4.78 is 5.77. The number of ether oxygens (including phenoxy) is 1. The SMILES string of the molecule is CCCCCOC(OOCCC(C)C)C(C)(C)C. The molecule has 110 valence electrons. The molecule has 0 amide bonds. The molecule has 0 rings (SSSR count). The summed E-state index contributed by atoms with van der Waals surface area (Å²) in [6, 6.07) is 0. The van der Waals surface area contributed by atoms with E-state index in [-0.39, 0.29) is 11.7 Å². The second kappa shape index (κ2) is 9.76. The summed E-state index contributed by atoms with van der Waals surface area (Å²) in [4.78, 5) is 10.7. The molecule has 1 atom stereocenters. The van der Waals surface area contributed by atoms with Crippen LogP contribution in [0.4, 0.5) is 0 Å². The minimum absolute atomic E-state index is 0.0654. The van der Waals surface area contributed by atoms with Crippen molar-refractivity contribution in [2.45, 2.75) is 73.5 Å². The topological polar surface area (TPSA) is 27.7 Å². The van der Waals surface area contributed by atoms with Crippen LogP contribution in [0.25, 0.3) is 0 Å². The molecule has 0 radical (unpaired) electrons. The molecule has 0 aromatic carbocycles. The highest BCUT2D eigenvalue weighted by Gasteiger charge is 2.27. The van der Waals surface area contributed by atoms with Gasteiger partial charge in [-0.1, -0.05) is 54.4 Å². The third kappa shape index (κ3) is 9.86. The standard InChI is InChI=1S/C15H32O3/c1-7-8-9-11-16-14(15(4,5)6)18-17-12-10-13(2)3/h13-14H,7-12H2,1-6H3. The van der Waals surface area contributed by atoms with Crippen LogP contribution < -0.4 is 0 Å². The first-order valence-electron chi connectivity index (χ1n) is 7.27. The van der Waals surface area contributed by atoms with E-state index >= 15 is 0 Å². The Labute approximate surface area is 113 Å². The van der Waals surface area contributed by atoms with Gasteiger partial charge in [0.25, 0.3) is 0 Å². The van der Waals surface area contributed by atoms with Crippen LogP contribution in [-0.2, 0) is 14.5 Å². The fourth-order valence-electron chi connectivity index (χ4n) is 1.36. The maximum absolute atomic E-state index is 5.77. The maximum Gasteiger partial charge on any atom is 0.196 e. The second-order valence-corrected chi connectivity index (χ2v) is 6.38. The van der Waals surface area contributed by atoms with Gasteiger partial charge in [-0.2, -0.15) is 0 Å². The van der Waals surface area contributed by atoms with E-state index in [9.17, 15) is 0 Å². The highest BCUT2D eigenvalue weighted by atomic mass is 17.2. The van der Waals surface area contributed by atoms with Gasteiger partial charge in [-0.3, -0.25) is 0 Å². The Morgan fingerprint density at radius 1 is 1.00 bits per heavy atom. The number of unbranched alkanes of at least 4 members (excludes halogenated alkanes) is 2. The van der Waals surface area contributed by atoms with Crippen LogP contribution >= 0.6 is 0 Å². The highest BCUT2D eigenvalue weighted by Crippen LogP contribution is 2.24. The average Bonchev–Trinajstić information content (AvgIpc) is 2.24. The second-order valence-electron chi connectivity index (χ2n) is 6.38. The lowest BCUT2D eigenvalue weighted by Gasteiger charge is -2.29. The van der Waals surface area contributed by atoms with Gasteiger partial charge >= 0.3 is 0 Å². The van der Waals surface area contributed by atoms with Crippen molar-refractivity contribution in [1.82, 2.24) is 0 Å². The molecule has 0 aliphatic heterocycles. The molecule has 18 heavy (non-hydrogen) atoms. The fourth-order valence-corrected chi connectivity index (χ4v) is 1.36. The summed E-state index contributed by atoms with van der Waals surface area (Å²) in [6.07, 6.45) is 4.20. The van der Waals surface area contributed by atoms with E-state index in [1.165, 1.54) is 12.8 Å². The smallest absolute Gasteiger partial charge is 0.196 e. The monoisotopic (exact) mass is 260 g/mol. The third-order valence-electron chi connectivity index (χ3n) is 2.66.